The molecule has 0 aliphatic carbocycles. The zero-order valence-electron chi connectivity index (χ0n) is 18.3. The largest absolute Gasteiger partial charge is 0.394 e. The van der Waals surface area contributed by atoms with Gasteiger partial charge in [-0.1, -0.05) is 13.8 Å². The first-order valence-electron chi connectivity index (χ1n) is 10.7. The molecule has 0 aromatic rings. The van der Waals surface area contributed by atoms with Crippen LogP contribution in [-0.4, -0.2) is 68.5 Å². The van der Waals surface area contributed by atoms with E-state index in [1.807, 2.05) is 27.7 Å². The van der Waals surface area contributed by atoms with Gasteiger partial charge in [0.25, 0.3) is 0 Å². The highest BCUT2D eigenvalue weighted by atomic mass is 32.2. The van der Waals surface area contributed by atoms with Crippen molar-refractivity contribution in [2.45, 2.75) is 82.0 Å². The van der Waals surface area contributed by atoms with Crippen LogP contribution in [0.4, 0.5) is 0 Å². The van der Waals surface area contributed by atoms with Gasteiger partial charge in [-0.25, -0.2) is 0 Å². The highest BCUT2D eigenvalue weighted by Crippen LogP contribution is 2.68. The van der Waals surface area contributed by atoms with Gasteiger partial charge in [0.15, 0.2) is 0 Å². The fraction of sp³-hybridized carbons (Fsp3) is 0.857. The molecule has 7 nitrogen and oxygen atoms in total. The average molecular weight is 426 g/mol. The third-order valence-electron chi connectivity index (χ3n) is 6.52. The summed E-state index contributed by atoms with van der Waals surface area (Å²) in [7, 11) is 0. The minimum atomic E-state index is -0.685. The van der Waals surface area contributed by atoms with Crippen molar-refractivity contribution >= 4 is 29.5 Å². The van der Waals surface area contributed by atoms with Gasteiger partial charge in [0.05, 0.1) is 29.2 Å². The van der Waals surface area contributed by atoms with Gasteiger partial charge in [0.2, 0.25) is 17.7 Å². The predicted octanol–water partition coefficient (Wildman–Crippen LogP) is 1.15. The van der Waals surface area contributed by atoms with E-state index in [4.69, 9.17) is 0 Å². The molecule has 164 valence electrons. The maximum absolute atomic E-state index is 13.6. The molecule has 0 aromatic carbocycles. The number of nitrogens with one attached hydrogen (secondary N) is 2. The molecular weight excluding hydrogens is 390 g/mol. The van der Waals surface area contributed by atoms with Crippen LogP contribution in [-0.2, 0) is 14.4 Å². The number of nitrogens with zero attached hydrogens (tertiary/aromatic N) is 1. The van der Waals surface area contributed by atoms with E-state index >= 15 is 0 Å². The summed E-state index contributed by atoms with van der Waals surface area (Å²) in [6, 6.07) is -1.17. The van der Waals surface area contributed by atoms with Gasteiger partial charge in [-0.15, -0.1) is 11.8 Å². The van der Waals surface area contributed by atoms with E-state index in [1.54, 1.807) is 23.6 Å². The molecule has 8 heteroatoms. The second-order valence-corrected chi connectivity index (χ2v) is 11.4. The fourth-order valence-electron chi connectivity index (χ4n) is 5.43. The molecule has 3 unspecified atom stereocenters. The maximum Gasteiger partial charge on any atom is 0.244 e. The number of fused-ring (bicyclic) bond motifs is 1. The second-order valence-electron chi connectivity index (χ2n) is 9.86. The summed E-state index contributed by atoms with van der Waals surface area (Å²) in [6.45, 7) is 12.0. The van der Waals surface area contributed by atoms with Gasteiger partial charge >= 0.3 is 0 Å². The lowest BCUT2D eigenvalue weighted by Gasteiger charge is -2.40. The van der Waals surface area contributed by atoms with Gasteiger partial charge in [-0.05, 0) is 46.5 Å². The summed E-state index contributed by atoms with van der Waals surface area (Å²) < 4.78 is -0.630. The van der Waals surface area contributed by atoms with Crippen molar-refractivity contribution in [3.05, 3.63) is 0 Å². The number of hydrogen-bond donors (Lipinski definition) is 3. The molecule has 1 spiro atoms. The summed E-state index contributed by atoms with van der Waals surface area (Å²) in [5.41, 5.74) is -0.439. The Bertz CT molecular complexity index is 694. The lowest BCUT2D eigenvalue weighted by molar-refractivity contribution is -0.142. The highest BCUT2D eigenvalue weighted by Gasteiger charge is 2.76. The first kappa shape index (κ1) is 22.4. The van der Waals surface area contributed by atoms with Gasteiger partial charge in [-0.3, -0.25) is 14.4 Å². The SMILES string of the molecule is CCCNC(=O)[C@@H]1[C@H]2C(=O)N([C@H](C)CO)C(C(=O)NC(C)(C)C)C23S[C@@H]1CC3C. The van der Waals surface area contributed by atoms with Crippen LogP contribution < -0.4 is 10.6 Å². The molecule has 3 heterocycles. The third kappa shape index (κ3) is 3.46. The zero-order valence-corrected chi connectivity index (χ0v) is 19.1. The first-order chi connectivity index (χ1) is 13.5. The second kappa shape index (κ2) is 7.76. The number of amides is 3. The van der Waals surface area contributed by atoms with Crippen LogP contribution >= 0.6 is 11.8 Å². The summed E-state index contributed by atoms with van der Waals surface area (Å²) in [5, 5.41) is 15.9. The molecule has 3 fully saturated rings. The number of carbonyl (C=O) groups excluding carboxylic acids is 3. The molecule has 3 aliphatic heterocycles. The van der Waals surface area contributed by atoms with Crippen LogP contribution in [0.3, 0.4) is 0 Å². The minimum absolute atomic E-state index is 0.0484. The summed E-state index contributed by atoms with van der Waals surface area (Å²) >= 11 is 1.66. The van der Waals surface area contributed by atoms with Crippen LogP contribution in [0.2, 0.25) is 0 Å². The number of aliphatic hydroxyl groups excluding tert-OH is 1. The zero-order chi connectivity index (χ0) is 21.7. The molecule has 3 N–H and O–H groups in total. The van der Waals surface area contributed by atoms with Crippen LogP contribution in [0.25, 0.3) is 0 Å². The van der Waals surface area contributed by atoms with Gasteiger partial charge in [-0.2, -0.15) is 0 Å². The Morgan fingerprint density at radius 1 is 1.34 bits per heavy atom. The summed E-state index contributed by atoms with van der Waals surface area (Å²) in [4.78, 5) is 41.6. The van der Waals surface area contributed by atoms with Gasteiger partial charge in [0, 0.05) is 17.3 Å². The smallest absolute Gasteiger partial charge is 0.244 e. The molecule has 0 saturated carbocycles. The van der Waals surface area contributed by atoms with Crippen molar-refractivity contribution in [3.8, 4) is 0 Å². The Morgan fingerprint density at radius 2 is 2.00 bits per heavy atom. The number of aliphatic hydroxyl groups is 1. The number of thioether (sulfide) groups is 1. The van der Waals surface area contributed by atoms with Crippen LogP contribution in [0.5, 0.6) is 0 Å². The molecule has 0 aromatic heterocycles. The van der Waals surface area contributed by atoms with Crippen LogP contribution in [0.1, 0.15) is 54.4 Å². The third-order valence-corrected chi connectivity index (χ3v) is 8.60. The fourth-order valence-corrected chi connectivity index (χ4v) is 7.83. The molecule has 29 heavy (non-hydrogen) atoms. The van der Waals surface area contributed by atoms with Gasteiger partial charge in [0.1, 0.15) is 6.04 Å². The van der Waals surface area contributed by atoms with Gasteiger partial charge < -0.3 is 20.6 Å². The van der Waals surface area contributed by atoms with E-state index in [0.717, 1.165) is 12.8 Å². The average Bonchev–Trinajstić information content (AvgIpc) is 3.21. The normalized spacial score (nSPS) is 36.9. The molecule has 0 radical (unpaired) electrons. The molecule has 3 rings (SSSR count). The van der Waals surface area contributed by atoms with Crippen molar-refractivity contribution < 1.29 is 19.5 Å². The lowest BCUT2D eigenvalue weighted by atomic mass is 9.65. The molecule has 2 bridgehead atoms. The van der Waals surface area contributed by atoms with E-state index in [0.29, 0.717) is 6.54 Å². The molecule has 3 amide bonds. The Hall–Kier alpha value is -1.28. The van der Waals surface area contributed by atoms with Crippen molar-refractivity contribution in [2.24, 2.45) is 17.8 Å². The Balaban J connectivity index is 2.05. The van der Waals surface area contributed by atoms with Crippen molar-refractivity contribution in [1.82, 2.24) is 15.5 Å². The van der Waals surface area contributed by atoms with Crippen LogP contribution in [0.15, 0.2) is 0 Å². The predicted molar refractivity (Wildman–Crippen MR) is 113 cm³/mol. The molecule has 7 atom stereocenters. The quantitative estimate of drug-likeness (QED) is 0.593. The van der Waals surface area contributed by atoms with E-state index in [2.05, 4.69) is 17.6 Å². The standard InChI is InChI=1S/C21H35N3O4S/c1-7-8-22-17(26)14-13-9-11(2)21(29-13)15(14)19(28)24(12(3)10-25)16(21)18(27)23-20(4,5)6/h11-16,25H,7-10H2,1-6H3,(H,22,26)(H,23,27)/t11?,12-,13-,14+,15+,16?,21?/m1/s1. The highest BCUT2D eigenvalue weighted by molar-refractivity contribution is 8.02. The van der Waals surface area contributed by atoms with E-state index in [1.165, 1.54) is 0 Å². The van der Waals surface area contributed by atoms with E-state index in [9.17, 15) is 19.5 Å². The monoisotopic (exact) mass is 425 g/mol. The number of rotatable bonds is 6. The Kier molecular flexibility index (Phi) is 6.00. The van der Waals surface area contributed by atoms with Crippen molar-refractivity contribution in [1.29, 1.82) is 0 Å². The molecular formula is C21H35N3O4S. The summed E-state index contributed by atoms with van der Waals surface area (Å²) in [5.74, 6) is -1.25. The molecule has 3 saturated heterocycles. The van der Waals surface area contributed by atoms with E-state index < -0.39 is 34.2 Å². The Morgan fingerprint density at radius 3 is 2.55 bits per heavy atom. The number of carbonyl (C=O) groups is 3. The number of likely N-dealkylation sites (tertiary alicyclic amines) is 1. The Labute approximate surface area is 177 Å². The topological polar surface area (TPSA) is 98.7 Å². The minimum Gasteiger partial charge on any atom is -0.394 e. The first-order valence-corrected chi connectivity index (χ1v) is 11.6. The molecule has 3 aliphatic rings. The van der Waals surface area contributed by atoms with Crippen molar-refractivity contribution in [3.63, 3.8) is 0 Å². The lowest BCUT2D eigenvalue weighted by Crippen LogP contribution is -2.60. The van der Waals surface area contributed by atoms with E-state index in [-0.39, 0.29) is 35.5 Å². The number of hydrogen-bond acceptors (Lipinski definition) is 5. The maximum atomic E-state index is 13.6. The van der Waals surface area contributed by atoms with Crippen LogP contribution in [0, 0.1) is 17.8 Å². The summed E-state index contributed by atoms with van der Waals surface area (Å²) in [6.07, 6.45) is 1.65. The van der Waals surface area contributed by atoms with Crippen molar-refractivity contribution in [2.75, 3.05) is 13.2 Å².